The predicted octanol–water partition coefficient (Wildman–Crippen LogP) is 3.20. The third-order valence-electron chi connectivity index (χ3n) is 1.60. The molecule has 0 aliphatic rings. The SMILES string of the molecule is CC(C)Oc1cc(F)ccc1C#CCCl. The molecule has 0 saturated carbocycles. The minimum atomic E-state index is -0.331. The van der Waals surface area contributed by atoms with Crippen LogP contribution in [0, 0.1) is 17.7 Å². The summed E-state index contributed by atoms with van der Waals surface area (Å²) in [4.78, 5) is 0. The number of ether oxygens (including phenoxy) is 1. The van der Waals surface area contributed by atoms with Crippen molar-refractivity contribution in [2.75, 3.05) is 5.88 Å². The summed E-state index contributed by atoms with van der Waals surface area (Å²) in [5.41, 5.74) is 0.658. The topological polar surface area (TPSA) is 9.23 Å². The van der Waals surface area contributed by atoms with Gasteiger partial charge in [0, 0.05) is 6.07 Å². The fourth-order valence-corrected chi connectivity index (χ4v) is 1.15. The van der Waals surface area contributed by atoms with Crippen LogP contribution in [0.15, 0.2) is 18.2 Å². The van der Waals surface area contributed by atoms with E-state index in [0.29, 0.717) is 11.3 Å². The van der Waals surface area contributed by atoms with Gasteiger partial charge in [0.1, 0.15) is 11.6 Å². The second-order valence-corrected chi connectivity index (χ2v) is 3.51. The Hall–Kier alpha value is -1.20. The van der Waals surface area contributed by atoms with Gasteiger partial charge in [-0.25, -0.2) is 4.39 Å². The van der Waals surface area contributed by atoms with E-state index in [4.69, 9.17) is 16.3 Å². The van der Waals surface area contributed by atoms with Crippen molar-refractivity contribution in [1.82, 2.24) is 0 Å². The minimum Gasteiger partial charge on any atom is -0.490 e. The third kappa shape index (κ3) is 3.81. The Kier molecular flexibility index (Phi) is 4.45. The lowest BCUT2D eigenvalue weighted by molar-refractivity contribution is 0.240. The lowest BCUT2D eigenvalue weighted by Crippen LogP contribution is -2.07. The number of benzene rings is 1. The first-order chi connectivity index (χ1) is 7.13. The van der Waals surface area contributed by atoms with Crippen LogP contribution in [0.2, 0.25) is 0 Å². The van der Waals surface area contributed by atoms with Gasteiger partial charge in [-0.15, -0.1) is 11.6 Å². The van der Waals surface area contributed by atoms with E-state index in [1.807, 2.05) is 13.8 Å². The second-order valence-electron chi connectivity index (χ2n) is 3.24. The van der Waals surface area contributed by atoms with E-state index >= 15 is 0 Å². The largest absolute Gasteiger partial charge is 0.490 e. The second kappa shape index (κ2) is 5.63. The van der Waals surface area contributed by atoms with Crippen LogP contribution in [0.25, 0.3) is 0 Å². The lowest BCUT2D eigenvalue weighted by atomic mass is 10.2. The van der Waals surface area contributed by atoms with E-state index in [1.54, 1.807) is 6.07 Å². The van der Waals surface area contributed by atoms with E-state index in [2.05, 4.69) is 11.8 Å². The molecule has 0 bridgehead atoms. The molecule has 0 heterocycles. The molecular weight excluding hydrogens is 215 g/mol. The standard InChI is InChI=1S/C12H12ClFO/c1-9(2)15-12-8-11(14)6-5-10(12)4-3-7-13/h5-6,8-9H,7H2,1-2H3. The molecule has 0 N–H and O–H groups in total. The van der Waals surface area contributed by atoms with Crippen LogP contribution >= 0.6 is 11.6 Å². The Labute approximate surface area is 94.2 Å². The van der Waals surface area contributed by atoms with Gasteiger partial charge in [0.05, 0.1) is 17.5 Å². The van der Waals surface area contributed by atoms with Crippen LogP contribution in [-0.2, 0) is 0 Å². The first kappa shape index (κ1) is 11.9. The Balaban J connectivity index is 3.03. The molecule has 0 radical (unpaired) electrons. The smallest absolute Gasteiger partial charge is 0.138 e. The Morgan fingerprint density at radius 3 is 2.80 bits per heavy atom. The molecule has 15 heavy (non-hydrogen) atoms. The molecular formula is C12H12ClFO. The van der Waals surface area contributed by atoms with Crippen LogP contribution < -0.4 is 4.74 Å². The number of rotatable bonds is 2. The number of hydrogen-bond donors (Lipinski definition) is 0. The van der Waals surface area contributed by atoms with Crippen molar-refractivity contribution in [2.45, 2.75) is 20.0 Å². The third-order valence-corrected chi connectivity index (χ3v) is 1.73. The summed E-state index contributed by atoms with van der Waals surface area (Å²) in [6, 6.07) is 4.27. The molecule has 0 aromatic heterocycles. The highest BCUT2D eigenvalue weighted by molar-refractivity contribution is 6.19. The molecule has 0 amide bonds. The van der Waals surface area contributed by atoms with Gasteiger partial charge in [-0.3, -0.25) is 0 Å². The van der Waals surface area contributed by atoms with Gasteiger partial charge in [-0.05, 0) is 26.0 Å². The molecule has 0 aliphatic carbocycles. The minimum absolute atomic E-state index is 0.0108. The Morgan fingerprint density at radius 1 is 1.47 bits per heavy atom. The predicted molar refractivity (Wildman–Crippen MR) is 59.8 cm³/mol. The summed E-state index contributed by atoms with van der Waals surface area (Å²) < 4.78 is 18.4. The van der Waals surface area contributed by atoms with Gasteiger partial charge in [0.2, 0.25) is 0 Å². The average molecular weight is 227 g/mol. The molecule has 1 nitrogen and oxygen atoms in total. The maximum absolute atomic E-state index is 13.0. The number of hydrogen-bond acceptors (Lipinski definition) is 1. The first-order valence-corrected chi connectivity index (χ1v) is 5.18. The molecule has 0 aliphatic heterocycles. The molecule has 0 unspecified atom stereocenters. The van der Waals surface area contributed by atoms with Crippen molar-refractivity contribution >= 4 is 11.6 Å². The highest BCUT2D eigenvalue weighted by Crippen LogP contribution is 2.20. The maximum Gasteiger partial charge on any atom is 0.138 e. The van der Waals surface area contributed by atoms with Crippen LogP contribution in [0.1, 0.15) is 19.4 Å². The molecule has 1 rings (SSSR count). The van der Waals surface area contributed by atoms with Crippen LogP contribution in [0.3, 0.4) is 0 Å². The van der Waals surface area contributed by atoms with E-state index in [9.17, 15) is 4.39 Å². The Bertz CT molecular complexity index is 390. The number of halogens is 2. The van der Waals surface area contributed by atoms with E-state index < -0.39 is 0 Å². The molecule has 0 saturated heterocycles. The molecule has 80 valence electrons. The van der Waals surface area contributed by atoms with Crippen molar-refractivity contribution in [2.24, 2.45) is 0 Å². The zero-order valence-corrected chi connectivity index (χ0v) is 9.44. The van der Waals surface area contributed by atoms with E-state index in [1.165, 1.54) is 12.1 Å². The first-order valence-electron chi connectivity index (χ1n) is 4.64. The van der Waals surface area contributed by atoms with Crippen LogP contribution in [-0.4, -0.2) is 12.0 Å². The molecule has 1 aromatic rings. The molecule has 3 heteroatoms. The van der Waals surface area contributed by atoms with Gasteiger partial charge in [0.25, 0.3) is 0 Å². The van der Waals surface area contributed by atoms with Gasteiger partial charge in [-0.2, -0.15) is 0 Å². The van der Waals surface area contributed by atoms with Gasteiger partial charge >= 0.3 is 0 Å². The van der Waals surface area contributed by atoms with E-state index in [0.717, 1.165) is 0 Å². The van der Waals surface area contributed by atoms with Crippen molar-refractivity contribution in [1.29, 1.82) is 0 Å². The summed E-state index contributed by atoms with van der Waals surface area (Å²) in [5, 5.41) is 0. The summed E-state index contributed by atoms with van der Waals surface area (Å²) in [5.74, 6) is 5.91. The normalized spacial score (nSPS) is 9.67. The van der Waals surface area contributed by atoms with Gasteiger partial charge < -0.3 is 4.74 Å². The molecule has 0 atom stereocenters. The zero-order valence-electron chi connectivity index (χ0n) is 8.68. The average Bonchev–Trinajstić information content (AvgIpc) is 2.16. The van der Waals surface area contributed by atoms with Crippen LogP contribution in [0.4, 0.5) is 4.39 Å². The Morgan fingerprint density at radius 2 is 2.20 bits per heavy atom. The van der Waals surface area contributed by atoms with Crippen molar-refractivity contribution in [3.8, 4) is 17.6 Å². The lowest BCUT2D eigenvalue weighted by Gasteiger charge is -2.11. The van der Waals surface area contributed by atoms with Crippen LogP contribution in [0.5, 0.6) is 5.75 Å². The number of alkyl halides is 1. The maximum atomic E-state index is 13.0. The summed E-state index contributed by atoms with van der Waals surface area (Å²) in [6.45, 7) is 3.76. The fourth-order valence-electron chi connectivity index (χ4n) is 1.08. The van der Waals surface area contributed by atoms with Crippen molar-refractivity contribution in [3.05, 3.63) is 29.6 Å². The summed E-state index contributed by atoms with van der Waals surface area (Å²) in [6.07, 6.45) is -0.0108. The quantitative estimate of drug-likeness (QED) is 0.556. The molecule has 1 aromatic carbocycles. The van der Waals surface area contributed by atoms with E-state index in [-0.39, 0.29) is 17.8 Å². The highest BCUT2D eigenvalue weighted by atomic mass is 35.5. The zero-order chi connectivity index (χ0) is 11.3. The summed E-state index contributed by atoms with van der Waals surface area (Å²) >= 11 is 5.45. The summed E-state index contributed by atoms with van der Waals surface area (Å²) in [7, 11) is 0. The molecule has 0 fully saturated rings. The van der Waals surface area contributed by atoms with Crippen molar-refractivity contribution in [3.63, 3.8) is 0 Å². The van der Waals surface area contributed by atoms with Gasteiger partial charge in [0.15, 0.2) is 0 Å². The molecule has 0 spiro atoms. The fraction of sp³-hybridized carbons (Fsp3) is 0.333. The van der Waals surface area contributed by atoms with Crippen molar-refractivity contribution < 1.29 is 9.13 Å². The highest BCUT2D eigenvalue weighted by Gasteiger charge is 2.05. The monoisotopic (exact) mass is 226 g/mol. The van der Waals surface area contributed by atoms with Gasteiger partial charge in [-0.1, -0.05) is 11.8 Å².